The van der Waals surface area contributed by atoms with Gasteiger partial charge in [-0.3, -0.25) is 14.4 Å². The molecule has 2 saturated carbocycles. The summed E-state index contributed by atoms with van der Waals surface area (Å²) in [6.07, 6.45) is 7.93. The molecule has 0 aromatic carbocycles. The summed E-state index contributed by atoms with van der Waals surface area (Å²) in [6.45, 7) is 3.89. The van der Waals surface area contributed by atoms with Crippen molar-refractivity contribution in [3.05, 3.63) is 0 Å². The maximum atomic E-state index is 12.8. The Morgan fingerprint density at radius 1 is 1.08 bits per heavy atom. The van der Waals surface area contributed by atoms with Crippen LogP contribution in [0.1, 0.15) is 58.3 Å². The highest BCUT2D eigenvalue weighted by Gasteiger charge is 2.47. The summed E-state index contributed by atoms with van der Waals surface area (Å²) in [5.41, 5.74) is -0.203. The lowest BCUT2D eigenvalue weighted by molar-refractivity contribution is -0.153. The van der Waals surface area contributed by atoms with E-state index in [2.05, 4.69) is 12.2 Å². The monoisotopic (exact) mass is 347 g/mol. The van der Waals surface area contributed by atoms with Crippen molar-refractivity contribution in [3.8, 4) is 0 Å². The van der Waals surface area contributed by atoms with Gasteiger partial charge in [0.15, 0.2) is 0 Å². The van der Waals surface area contributed by atoms with Crippen LogP contribution in [-0.2, 0) is 14.4 Å². The summed E-state index contributed by atoms with van der Waals surface area (Å²) in [7, 11) is 0. The van der Waals surface area contributed by atoms with Crippen molar-refractivity contribution in [1.29, 1.82) is 0 Å². The Bertz CT molecular complexity index is 574. The van der Waals surface area contributed by atoms with E-state index in [-0.39, 0.29) is 35.1 Å². The Morgan fingerprint density at radius 2 is 1.76 bits per heavy atom. The molecule has 138 valence electrons. The molecule has 2 aliphatic heterocycles. The maximum Gasteiger partial charge on any atom is 0.228 e. The highest BCUT2D eigenvalue weighted by atomic mass is 16.2. The summed E-state index contributed by atoms with van der Waals surface area (Å²) in [5.74, 6) is 0.143. The van der Waals surface area contributed by atoms with Crippen molar-refractivity contribution in [2.24, 2.45) is 11.3 Å². The Kier molecular flexibility index (Phi) is 4.24. The van der Waals surface area contributed by atoms with Gasteiger partial charge in [0.05, 0.1) is 12.0 Å². The number of nitrogens with one attached hydrogen (secondary N) is 1. The van der Waals surface area contributed by atoms with E-state index in [1.807, 2.05) is 9.80 Å². The SMILES string of the molecule is CC1(C(=O)N2CC(N3CC(C(=O)NC4CC4)CC3=O)C2)CCCCC1. The number of hydrogen-bond acceptors (Lipinski definition) is 3. The van der Waals surface area contributed by atoms with Crippen molar-refractivity contribution in [3.63, 3.8) is 0 Å². The predicted molar refractivity (Wildman–Crippen MR) is 92.5 cm³/mol. The van der Waals surface area contributed by atoms with E-state index in [1.54, 1.807) is 0 Å². The molecule has 4 aliphatic rings. The molecule has 4 rings (SSSR count). The van der Waals surface area contributed by atoms with Crippen LogP contribution < -0.4 is 5.32 Å². The van der Waals surface area contributed by atoms with Crippen LogP contribution in [0.25, 0.3) is 0 Å². The third kappa shape index (κ3) is 3.27. The zero-order valence-corrected chi connectivity index (χ0v) is 15.1. The average Bonchev–Trinajstić information content (AvgIpc) is 3.28. The second-order valence-corrected chi connectivity index (χ2v) is 8.72. The number of rotatable bonds is 4. The van der Waals surface area contributed by atoms with E-state index in [1.165, 1.54) is 6.42 Å². The molecule has 0 aromatic heterocycles. The first-order valence-corrected chi connectivity index (χ1v) is 9.85. The Balaban J connectivity index is 1.29. The van der Waals surface area contributed by atoms with Crippen LogP contribution >= 0.6 is 0 Å². The van der Waals surface area contributed by atoms with E-state index in [4.69, 9.17) is 0 Å². The van der Waals surface area contributed by atoms with Crippen LogP contribution in [0.15, 0.2) is 0 Å². The average molecular weight is 347 g/mol. The highest BCUT2D eigenvalue weighted by molar-refractivity contribution is 5.90. The lowest BCUT2D eigenvalue weighted by Crippen LogP contribution is -2.63. The van der Waals surface area contributed by atoms with Gasteiger partial charge >= 0.3 is 0 Å². The molecular weight excluding hydrogens is 318 g/mol. The fourth-order valence-corrected chi connectivity index (χ4v) is 4.55. The van der Waals surface area contributed by atoms with Crippen LogP contribution in [0.4, 0.5) is 0 Å². The van der Waals surface area contributed by atoms with Crippen LogP contribution in [0.2, 0.25) is 0 Å². The van der Waals surface area contributed by atoms with Gasteiger partial charge in [-0.2, -0.15) is 0 Å². The third-order valence-electron chi connectivity index (χ3n) is 6.52. The second-order valence-electron chi connectivity index (χ2n) is 8.72. The minimum atomic E-state index is -0.214. The van der Waals surface area contributed by atoms with Crippen LogP contribution in [-0.4, -0.2) is 59.2 Å². The van der Waals surface area contributed by atoms with Gasteiger partial charge in [0.25, 0.3) is 0 Å². The lowest BCUT2D eigenvalue weighted by atomic mass is 9.74. The van der Waals surface area contributed by atoms with Crippen molar-refractivity contribution in [2.75, 3.05) is 19.6 Å². The van der Waals surface area contributed by atoms with E-state index in [0.29, 0.717) is 32.1 Å². The molecule has 0 radical (unpaired) electrons. The van der Waals surface area contributed by atoms with Gasteiger partial charge in [-0.15, -0.1) is 0 Å². The largest absolute Gasteiger partial charge is 0.353 e. The molecule has 4 fully saturated rings. The van der Waals surface area contributed by atoms with Gasteiger partial charge in [-0.25, -0.2) is 0 Å². The molecule has 1 N–H and O–H groups in total. The van der Waals surface area contributed by atoms with E-state index >= 15 is 0 Å². The number of nitrogens with zero attached hydrogens (tertiary/aromatic N) is 2. The molecule has 6 nitrogen and oxygen atoms in total. The smallest absolute Gasteiger partial charge is 0.228 e. The van der Waals surface area contributed by atoms with Crippen LogP contribution in [0, 0.1) is 11.3 Å². The second kappa shape index (κ2) is 6.29. The first kappa shape index (κ1) is 16.9. The lowest BCUT2D eigenvalue weighted by Gasteiger charge is -2.48. The van der Waals surface area contributed by atoms with Crippen molar-refractivity contribution < 1.29 is 14.4 Å². The normalized spacial score (nSPS) is 29.5. The van der Waals surface area contributed by atoms with Gasteiger partial charge in [-0.1, -0.05) is 26.2 Å². The van der Waals surface area contributed by atoms with Crippen molar-refractivity contribution in [2.45, 2.75) is 70.4 Å². The molecule has 2 saturated heterocycles. The molecule has 1 unspecified atom stereocenters. The quantitative estimate of drug-likeness (QED) is 0.833. The van der Waals surface area contributed by atoms with Gasteiger partial charge in [-0.05, 0) is 25.7 Å². The molecule has 0 spiro atoms. The van der Waals surface area contributed by atoms with E-state index in [9.17, 15) is 14.4 Å². The zero-order valence-electron chi connectivity index (χ0n) is 15.1. The molecule has 2 heterocycles. The summed E-state index contributed by atoms with van der Waals surface area (Å²) in [4.78, 5) is 41.0. The van der Waals surface area contributed by atoms with Gasteiger partial charge in [0, 0.05) is 37.5 Å². The standard InChI is InChI=1S/C19H29N3O3/c1-19(7-3-2-4-8-19)18(25)21-11-15(12-21)22-10-13(9-16(22)23)17(24)20-14-5-6-14/h13-15H,2-12H2,1H3,(H,20,24). The van der Waals surface area contributed by atoms with E-state index in [0.717, 1.165) is 38.5 Å². The van der Waals surface area contributed by atoms with Crippen molar-refractivity contribution >= 4 is 17.7 Å². The van der Waals surface area contributed by atoms with Gasteiger partial charge in [0.1, 0.15) is 0 Å². The summed E-state index contributed by atoms with van der Waals surface area (Å²) in [5, 5.41) is 3.00. The minimum Gasteiger partial charge on any atom is -0.353 e. The summed E-state index contributed by atoms with van der Waals surface area (Å²) in [6, 6.07) is 0.437. The Labute approximate surface area is 149 Å². The van der Waals surface area contributed by atoms with Crippen molar-refractivity contribution in [1.82, 2.24) is 15.1 Å². The minimum absolute atomic E-state index is 0.0281. The molecule has 6 heteroatoms. The molecule has 2 aliphatic carbocycles. The number of amides is 3. The molecule has 0 bridgehead atoms. The number of carbonyl (C=O) groups is 3. The van der Waals surface area contributed by atoms with Crippen LogP contribution in [0.3, 0.4) is 0 Å². The first-order valence-electron chi connectivity index (χ1n) is 9.85. The molecule has 25 heavy (non-hydrogen) atoms. The Hall–Kier alpha value is -1.59. The maximum absolute atomic E-state index is 12.8. The zero-order chi connectivity index (χ0) is 17.6. The van der Waals surface area contributed by atoms with Gasteiger partial charge in [0.2, 0.25) is 17.7 Å². The fourth-order valence-electron chi connectivity index (χ4n) is 4.55. The summed E-state index contributed by atoms with van der Waals surface area (Å²) >= 11 is 0. The topological polar surface area (TPSA) is 69.7 Å². The van der Waals surface area contributed by atoms with Crippen LogP contribution in [0.5, 0.6) is 0 Å². The van der Waals surface area contributed by atoms with E-state index < -0.39 is 0 Å². The number of carbonyl (C=O) groups excluding carboxylic acids is 3. The molecule has 1 atom stereocenters. The molecular formula is C19H29N3O3. The first-order chi connectivity index (χ1) is 12.0. The molecule has 3 amide bonds. The number of likely N-dealkylation sites (tertiary alicyclic amines) is 2. The number of hydrogen-bond donors (Lipinski definition) is 1. The van der Waals surface area contributed by atoms with Gasteiger partial charge < -0.3 is 15.1 Å². The third-order valence-corrected chi connectivity index (χ3v) is 6.52. The molecule has 0 aromatic rings. The Morgan fingerprint density at radius 3 is 2.40 bits per heavy atom. The summed E-state index contributed by atoms with van der Waals surface area (Å²) < 4.78 is 0. The highest BCUT2D eigenvalue weighted by Crippen LogP contribution is 2.39. The predicted octanol–water partition coefficient (Wildman–Crippen LogP) is 1.29. The fraction of sp³-hybridized carbons (Fsp3) is 0.842.